The maximum atomic E-state index is 11.1. The number of nitrogens with two attached hydrogens (primary N) is 2. The minimum absolute atomic E-state index is 0.00105. The summed E-state index contributed by atoms with van der Waals surface area (Å²) in [7, 11) is 0. The minimum atomic E-state index is -0.790. The molecule has 0 bridgehead atoms. The van der Waals surface area contributed by atoms with Gasteiger partial charge in [-0.15, -0.1) is 0 Å². The van der Waals surface area contributed by atoms with Crippen molar-refractivity contribution in [3.05, 3.63) is 81.8 Å². The quantitative estimate of drug-likeness (QED) is 0.328. The second kappa shape index (κ2) is 9.15. The topological polar surface area (TPSA) is 180 Å². The zero-order chi connectivity index (χ0) is 22.4. The number of amides is 2. The lowest BCUT2D eigenvalue weighted by Gasteiger charge is -2.01. The zero-order valence-electron chi connectivity index (χ0n) is 15.7. The monoisotopic (exact) mass is 411 g/mol. The molecule has 10 heteroatoms. The van der Waals surface area contributed by atoms with E-state index < -0.39 is 28.2 Å². The molecule has 0 unspecified atom stereocenters. The van der Waals surface area contributed by atoms with Crippen molar-refractivity contribution >= 4 is 23.3 Å². The molecule has 0 atom stereocenters. The van der Waals surface area contributed by atoms with E-state index in [0.717, 1.165) is 17.7 Å². The summed E-state index contributed by atoms with van der Waals surface area (Å²) in [4.78, 5) is 42.3. The molecule has 1 heterocycles. The first-order valence-electron chi connectivity index (χ1n) is 8.37. The van der Waals surface area contributed by atoms with Crippen LogP contribution in [0.25, 0.3) is 11.1 Å². The molecule has 2 aromatic carbocycles. The Labute approximate surface area is 169 Å². The summed E-state index contributed by atoms with van der Waals surface area (Å²) in [6, 6.07) is 11.8. The number of Topliss-reactive ketones (excluding diaryl/α,β-unsaturated/α-hetero) is 1. The molecule has 10 nitrogen and oxygen atoms in total. The number of furan rings is 1. The van der Waals surface area contributed by atoms with Crippen LogP contribution < -0.4 is 11.5 Å². The largest absolute Gasteiger partial charge is 0.502 e. The van der Waals surface area contributed by atoms with Gasteiger partial charge in [0, 0.05) is 22.8 Å². The fourth-order valence-corrected chi connectivity index (χ4v) is 2.43. The summed E-state index contributed by atoms with van der Waals surface area (Å²) in [6.45, 7) is 1.50. The Morgan fingerprint density at radius 2 is 1.57 bits per heavy atom. The molecule has 2 amide bonds. The average Bonchev–Trinajstić information content (AvgIpc) is 3.18. The standard InChI is InChI=1S/C13H11NO3.C7H6N2O4/c1-8(15)9-2-4-10(5-3-9)11-6-7-17-12(11)13(14)16;8-7(11)4-1-2-6(10)5(3-4)9(12)13/h2-7H,1H3,(H2,14,16);1-3,10H,(H2,8,11). The smallest absolute Gasteiger partial charge is 0.311 e. The van der Waals surface area contributed by atoms with Crippen molar-refractivity contribution in [2.75, 3.05) is 0 Å². The van der Waals surface area contributed by atoms with Crippen LogP contribution in [-0.4, -0.2) is 27.6 Å². The Kier molecular flexibility index (Phi) is 6.66. The molecular formula is C20H17N3O7. The van der Waals surface area contributed by atoms with Gasteiger partial charge in [0.25, 0.3) is 5.91 Å². The summed E-state index contributed by atoms with van der Waals surface area (Å²) in [5.41, 5.74) is 11.6. The van der Waals surface area contributed by atoms with Crippen LogP contribution in [0.5, 0.6) is 5.75 Å². The third-order valence-electron chi connectivity index (χ3n) is 3.95. The maximum absolute atomic E-state index is 11.1. The van der Waals surface area contributed by atoms with E-state index in [9.17, 15) is 24.5 Å². The number of primary amides is 2. The van der Waals surface area contributed by atoms with Gasteiger partial charge in [0.15, 0.2) is 17.3 Å². The first-order chi connectivity index (χ1) is 14.1. The lowest BCUT2D eigenvalue weighted by molar-refractivity contribution is -0.385. The summed E-state index contributed by atoms with van der Waals surface area (Å²) >= 11 is 0. The third-order valence-corrected chi connectivity index (χ3v) is 3.95. The number of aromatic hydroxyl groups is 1. The SMILES string of the molecule is CC(=O)c1ccc(-c2ccoc2C(N)=O)cc1.NC(=O)c1ccc(O)c([N+](=O)[O-])c1. The molecule has 0 radical (unpaired) electrons. The lowest BCUT2D eigenvalue weighted by atomic mass is 10.0. The number of ketones is 1. The number of phenols is 1. The van der Waals surface area contributed by atoms with Gasteiger partial charge < -0.3 is 21.0 Å². The number of carbonyl (C=O) groups excluding carboxylic acids is 3. The molecule has 0 aliphatic heterocycles. The van der Waals surface area contributed by atoms with Crippen LogP contribution in [0.3, 0.4) is 0 Å². The normalized spacial score (nSPS) is 9.90. The molecule has 0 fully saturated rings. The number of rotatable bonds is 5. The highest BCUT2D eigenvalue weighted by Gasteiger charge is 2.15. The fourth-order valence-electron chi connectivity index (χ4n) is 2.43. The number of carbonyl (C=O) groups is 3. The lowest BCUT2D eigenvalue weighted by Crippen LogP contribution is -2.10. The number of nitro benzene ring substituents is 1. The zero-order valence-corrected chi connectivity index (χ0v) is 15.7. The highest BCUT2D eigenvalue weighted by Crippen LogP contribution is 2.26. The van der Waals surface area contributed by atoms with E-state index >= 15 is 0 Å². The first kappa shape index (κ1) is 21.8. The second-order valence-electron chi connectivity index (χ2n) is 5.99. The molecule has 0 saturated carbocycles. The van der Waals surface area contributed by atoms with E-state index in [1.54, 1.807) is 30.3 Å². The highest BCUT2D eigenvalue weighted by molar-refractivity contribution is 5.98. The molecule has 0 aliphatic rings. The maximum Gasteiger partial charge on any atom is 0.311 e. The van der Waals surface area contributed by atoms with Gasteiger partial charge in [-0.2, -0.15) is 0 Å². The van der Waals surface area contributed by atoms with Crippen molar-refractivity contribution in [3.63, 3.8) is 0 Å². The van der Waals surface area contributed by atoms with Gasteiger partial charge in [-0.1, -0.05) is 24.3 Å². The molecule has 30 heavy (non-hydrogen) atoms. The Hall–Kier alpha value is -4.47. The number of hydrogen-bond donors (Lipinski definition) is 3. The van der Waals surface area contributed by atoms with Crippen LogP contribution in [-0.2, 0) is 0 Å². The summed E-state index contributed by atoms with van der Waals surface area (Å²) in [6.07, 6.45) is 1.41. The van der Waals surface area contributed by atoms with Gasteiger partial charge in [0.05, 0.1) is 11.2 Å². The minimum Gasteiger partial charge on any atom is -0.502 e. The summed E-state index contributed by atoms with van der Waals surface area (Å²) in [5.74, 6) is -1.75. The van der Waals surface area contributed by atoms with Crippen molar-refractivity contribution < 1.29 is 28.8 Å². The highest BCUT2D eigenvalue weighted by atomic mass is 16.6. The Bertz CT molecular complexity index is 1120. The van der Waals surface area contributed by atoms with Crippen molar-refractivity contribution in [2.45, 2.75) is 6.92 Å². The fraction of sp³-hybridized carbons (Fsp3) is 0.0500. The third kappa shape index (κ3) is 5.07. The van der Waals surface area contributed by atoms with E-state index in [1.165, 1.54) is 19.3 Å². The molecular weight excluding hydrogens is 394 g/mol. The van der Waals surface area contributed by atoms with E-state index in [2.05, 4.69) is 0 Å². The molecule has 0 spiro atoms. The van der Waals surface area contributed by atoms with Gasteiger partial charge in [-0.05, 0) is 30.7 Å². The Morgan fingerprint density at radius 3 is 2.07 bits per heavy atom. The second-order valence-corrected chi connectivity index (χ2v) is 5.99. The predicted molar refractivity (Wildman–Crippen MR) is 106 cm³/mol. The van der Waals surface area contributed by atoms with Crippen LogP contribution >= 0.6 is 0 Å². The molecule has 5 N–H and O–H groups in total. The average molecular weight is 411 g/mol. The van der Waals surface area contributed by atoms with Crippen LogP contribution in [0.1, 0.15) is 38.2 Å². The molecule has 1 aromatic heterocycles. The van der Waals surface area contributed by atoms with E-state index in [0.29, 0.717) is 11.1 Å². The molecule has 0 aliphatic carbocycles. The van der Waals surface area contributed by atoms with Crippen LogP contribution in [0.15, 0.2) is 59.2 Å². The first-order valence-corrected chi connectivity index (χ1v) is 8.37. The van der Waals surface area contributed by atoms with E-state index in [-0.39, 0.29) is 17.1 Å². The Balaban J connectivity index is 0.000000222. The van der Waals surface area contributed by atoms with E-state index in [4.69, 9.17) is 21.0 Å². The van der Waals surface area contributed by atoms with Gasteiger partial charge in [-0.25, -0.2) is 0 Å². The number of nitro groups is 1. The van der Waals surface area contributed by atoms with Crippen molar-refractivity contribution in [1.82, 2.24) is 0 Å². The summed E-state index contributed by atoms with van der Waals surface area (Å²) < 4.78 is 5.02. The van der Waals surface area contributed by atoms with Crippen molar-refractivity contribution in [3.8, 4) is 16.9 Å². The van der Waals surface area contributed by atoms with Crippen LogP contribution in [0, 0.1) is 10.1 Å². The van der Waals surface area contributed by atoms with E-state index in [1.807, 2.05) is 0 Å². The van der Waals surface area contributed by atoms with Gasteiger partial charge >= 0.3 is 5.69 Å². The van der Waals surface area contributed by atoms with Gasteiger partial charge in [0.2, 0.25) is 5.91 Å². The number of nitrogens with zero attached hydrogens (tertiary/aromatic N) is 1. The van der Waals surface area contributed by atoms with Crippen LogP contribution in [0.4, 0.5) is 5.69 Å². The molecule has 0 saturated heterocycles. The van der Waals surface area contributed by atoms with Crippen molar-refractivity contribution in [2.24, 2.45) is 11.5 Å². The van der Waals surface area contributed by atoms with Gasteiger partial charge in [-0.3, -0.25) is 24.5 Å². The predicted octanol–water partition coefficient (Wildman–Crippen LogP) is 2.65. The Morgan fingerprint density at radius 1 is 0.967 bits per heavy atom. The summed E-state index contributed by atoms with van der Waals surface area (Å²) in [5, 5.41) is 19.3. The number of benzene rings is 2. The molecule has 3 aromatic rings. The molecule has 3 rings (SSSR count). The van der Waals surface area contributed by atoms with Crippen molar-refractivity contribution in [1.29, 1.82) is 0 Å². The molecule has 154 valence electrons. The number of phenolic OH excluding ortho intramolecular Hbond substituents is 1. The van der Waals surface area contributed by atoms with Crippen LogP contribution in [0.2, 0.25) is 0 Å². The number of hydrogen-bond acceptors (Lipinski definition) is 7. The van der Waals surface area contributed by atoms with Gasteiger partial charge in [0.1, 0.15) is 0 Å².